The first-order valence-corrected chi connectivity index (χ1v) is 3.79. The van der Waals surface area contributed by atoms with E-state index in [9.17, 15) is 0 Å². The Morgan fingerprint density at radius 3 is 2.67 bits per heavy atom. The van der Waals surface area contributed by atoms with Gasteiger partial charge in [-0.15, -0.1) is 0 Å². The fourth-order valence-corrected chi connectivity index (χ4v) is 1.25. The van der Waals surface area contributed by atoms with Crippen molar-refractivity contribution >= 4 is 24.1 Å². The van der Waals surface area contributed by atoms with E-state index in [-0.39, 0.29) is 0 Å². The summed E-state index contributed by atoms with van der Waals surface area (Å²) in [6.45, 7) is 2.23. The Morgan fingerprint density at radius 2 is 2.33 bits per heavy atom. The molecule has 0 bridgehead atoms. The third kappa shape index (κ3) is 1.98. The Morgan fingerprint density at radius 1 is 1.67 bits per heavy atom. The van der Waals surface area contributed by atoms with E-state index in [1.807, 2.05) is 11.5 Å². The first-order valence-electron chi connectivity index (χ1n) is 2.78. The van der Waals surface area contributed by atoms with Crippen LogP contribution in [0.4, 0.5) is 0 Å². The van der Waals surface area contributed by atoms with Crippen molar-refractivity contribution in [1.82, 2.24) is 9.42 Å². The molecule has 1 aliphatic rings. The summed E-state index contributed by atoms with van der Waals surface area (Å²) in [4.78, 5) is 0. The molecule has 1 heterocycles. The zero-order valence-corrected chi connectivity index (χ0v) is 6.78. The number of halogens is 1. The lowest BCUT2D eigenvalue weighted by Crippen LogP contribution is -2.45. The van der Waals surface area contributed by atoms with E-state index in [0.29, 0.717) is 0 Å². The fraction of sp³-hybridized carbons (Fsp3) is 1.00. The number of hydrazine groups is 1. The molecule has 0 aromatic carbocycles. The van der Waals surface area contributed by atoms with Gasteiger partial charge in [0.25, 0.3) is 0 Å². The van der Waals surface area contributed by atoms with Crippen molar-refractivity contribution < 1.29 is 3.74 Å². The summed E-state index contributed by atoms with van der Waals surface area (Å²) in [5.41, 5.74) is 0. The highest BCUT2D eigenvalue weighted by molar-refractivity contribution is 7.92. The van der Waals surface area contributed by atoms with Crippen LogP contribution in [0, 0.1) is 0 Å². The van der Waals surface area contributed by atoms with Crippen LogP contribution in [-0.2, 0) is 3.74 Å². The van der Waals surface area contributed by atoms with Crippen LogP contribution in [0.5, 0.6) is 0 Å². The van der Waals surface area contributed by atoms with Gasteiger partial charge in [0.1, 0.15) is 12.2 Å². The minimum Gasteiger partial charge on any atom is -0.230 e. The van der Waals surface area contributed by atoms with Gasteiger partial charge in [0.2, 0.25) is 0 Å². The first kappa shape index (κ1) is 7.63. The largest absolute Gasteiger partial charge is 0.230 e. The summed E-state index contributed by atoms with van der Waals surface area (Å²) in [7, 11) is 1.92. The van der Waals surface area contributed by atoms with E-state index in [0.717, 1.165) is 25.3 Å². The quantitative estimate of drug-likeness (QED) is 0.466. The molecule has 1 saturated heterocycles. The molecule has 0 aliphatic carbocycles. The van der Waals surface area contributed by atoms with Crippen LogP contribution >= 0.6 is 24.1 Å². The standard InChI is InChI=1S/C4H9ClN2OS/c1-6(9-8-5)7-3-2-4-7/h2-4H2,1H3. The molecule has 0 aromatic rings. The monoisotopic (exact) mass is 168 g/mol. The summed E-state index contributed by atoms with van der Waals surface area (Å²) in [5, 5.41) is 2.15. The van der Waals surface area contributed by atoms with Crippen molar-refractivity contribution in [2.45, 2.75) is 6.42 Å². The van der Waals surface area contributed by atoms with Crippen LogP contribution in [0.3, 0.4) is 0 Å². The van der Waals surface area contributed by atoms with Gasteiger partial charge in [-0.2, -0.15) is 8.15 Å². The number of hydrogen-bond acceptors (Lipinski definition) is 4. The second-order valence-corrected chi connectivity index (χ2v) is 3.09. The predicted molar refractivity (Wildman–Crippen MR) is 38.5 cm³/mol. The Bertz CT molecular complexity index is 90.6. The lowest BCUT2D eigenvalue weighted by Gasteiger charge is -2.35. The fourth-order valence-electron chi connectivity index (χ4n) is 0.669. The number of hydrogen-bond donors (Lipinski definition) is 0. The van der Waals surface area contributed by atoms with E-state index in [4.69, 9.17) is 11.9 Å². The van der Waals surface area contributed by atoms with Crippen LogP contribution in [-0.4, -0.2) is 29.6 Å². The number of rotatable bonds is 3. The topological polar surface area (TPSA) is 15.7 Å². The second kappa shape index (κ2) is 3.63. The molecule has 54 valence electrons. The van der Waals surface area contributed by atoms with Crippen LogP contribution in [0.1, 0.15) is 6.42 Å². The van der Waals surface area contributed by atoms with Crippen molar-refractivity contribution in [1.29, 1.82) is 0 Å². The van der Waals surface area contributed by atoms with Gasteiger partial charge in [0.05, 0.1) is 11.9 Å². The highest BCUT2D eigenvalue weighted by Crippen LogP contribution is 2.18. The van der Waals surface area contributed by atoms with Crippen molar-refractivity contribution in [2.24, 2.45) is 0 Å². The highest BCUT2D eigenvalue weighted by atomic mass is 35.5. The van der Waals surface area contributed by atoms with Crippen LogP contribution in [0.15, 0.2) is 0 Å². The van der Waals surface area contributed by atoms with Gasteiger partial charge < -0.3 is 0 Å². The number of nitrogens with zero attached hydrogens (tertiary/aromatic N) is 2. The molecule has 1 aliphatic heterocycles. The molecule has 0 amide bonds. The summed E-state index contributed by atoms with van der Waals surface area (Å²) in [6, 6.07) is 0. The minimum absolute atomic E-state index is 1.11. The maximum absolute atomic E-state index is 5.02. The molecule has 5 heteroatoms. The third-order valence-electron chi connectivity index (χ3n) is 1.37. The predicted octanol–water partition coefficient (Wildman–Crippen LogP) is 1.27. The second-order valence-electron chi connectivity index (χ2n) is 1.91. The molecule has 3 nitrogen and oxygen atoms in total. The zero-order valence-electron chi connectivity index (χ0n) is 5.21. The minimum atomic E-state index is 1.11. The molecule has 0 atom stereocenters. The lowest BCUT2D eigenvalue weighted by atomic mass is 10.3. The zero-order chi connectivity index (χ0) is 6.69. The van der Waals surface area contributed by atoms with Gasteiger partial charge in [0, 0.05) is 20.1 Å². The Hall–Kier alpha value is 0.520. The molecular formula is C4H9ClN2OS. The maximum atomic E-state index is 5.02. The van der Waals surface area contributed by atoms with Gasteiger partial charge >= 0.3 is 0 Å². The van der Waals surface area contributed by atoms with Crippen LogP contribution in [0.2, 0.25) is 0 Å². The van der Waals surface area contributed by atoms with Crippen molar-refractivity contribution in [3.05, 3.63) is 0 Å². The average molecular weight is 169 g/mol. The van der Waals surface area contributed by atoms with Gasteiger partial charge in [0.15, 0.2) is 0 Å². The average Bonchev–Trinajstić information content (AvgIpc) is 1.60. The Balaban J connectivity index is 2.08. The van der Waals surface area contributed by atoms with Crippen molar-refractivity contribution in [3.8, 4) is 0 Å². The summed E-state index contributed by atoms with van der Waals surface area (Å²) in [5.74, 6) is 0. The van der Waals surface area contributed by atoms with E-state index < -0.39 is 0 Å². The van der Waals surface area contributed by atoms with Gasteiger partial charge in [-0.25, -0.2) is 5.01 Å². The molecule has 9 heavy (non-hydrogen) atoms. The summed E-state index contributed by atoms with van der Waals surface area (Å²) < 4.78 is 6.22. The summed E-state index contributed by atoms with van der Waals surface area (Å²) in [6.07, 6.45) is 1.27. The van der Waals surface area contributed by atoms with Gasteiger partial charge in [-0.3, -0.25) is 0 Å². The smallest absolute Gasteiger partial charge is 0.119 e. The molecule has 0 unspecified atom stereocenters. The molecule has 0 radical (unpaired) electrons. The van der Waals surface area contributed by atoms with E-state index in [1.165, 1.54) is 6.42 Å². The third-order valence-corrected chi connectivity index (χ3v) is 2.04. The molecule has 0 N–H and O–H groups in total. The van der Waals surface area contributed by atoms with Gasteiger partial charge in [-0.05, 0) is 6.42 Å². The van der Waals surface area contributed by atoms with E-state index in [2.05, 4.69) is 8.74 Å². The lowest BCUT2D eigenvalue weighted by molar-refractivity contribution is 0.0257. The summed E-state index contributed by atoms with van der Waals surface area (Å²) >= 11 is 6.16. The molecule has 1 rings (SSSR count). The Kier molecular flexibility index (Phi) is 3.08. The molecule has 1 fully saturated rings. The SMILES string of the molecule is CN(SOCl)N1CCC1. The van der Waals surface area contributed by atoms with Crippen molar-refractivity contribution in [2.75, 3.05) is 20.1 Å². The molecular weight excluding hydrogens is 160 g/mol. The van der Waals surface area contributed by atoms with Crippen molar-refractivity contribution in [3.63, 3.8) is 0 Å². The van der Waals surface area contributed by atoms with Crippen LogP contribution < -0.4 is 0 Å². The van der Waals surface area contributed by atoms with Gasteiger partial charge in [-0.1, -0.05) is 0 Å². The Labute approximate surface area is 64.4 Å². The van der Waals surface area contributed by atoms with E-state index >= 15 is 0 Å². The molecule has 0 saturated carbocycles. The van der Waals surface area contributed by atoms with E-state index in [1.54, 1.807) is 0 Å². The normalized spacial score (nSPS) is 20.3. The maximum Gasteiger partial charge on any atom is 0.119 e. The molecule has 0 aromatic heterocycles. The highest BCUT2D eigenvalue weighted by Gasteiger charge is 2.18. The first-order chi connectivity index (χ1) is 4.34. The molecule has 0 spiro atoms. The van der Waals surface area contributed by atoms with Crippen LogP contribution in [0.25, 0.3) is 0 Å².